The number of rotatable bonds is 6. The van der Waals surface area contributed by atoms with E-state index in [4.69, 9.17) is 22.3 Å². The van der Waals surface area contributed by atoms with Gasteiger partial charge in [0.25, 0.3) is 0 Å². The summed E-state index contributed by atoms with van der Waals surface area (Å²) in [5, 5.41) is 20.3. The van der Waals surface area contributed by atoms with Gasteiger partial charge in [0.2, 0.25) is 11.9 Å². The average molecular weight is 437 g/mol. The largest absolute Gasteiger partial charge is 0.368 e. The van der Waals surface area contributed by atoms with Crippen molar-refractivity contribution in [1.82, 2.24) is 20.3 Å². The number of pyridine rings is 1. The maximum absolute atomic E-state index is 11.5. The Kier molecular flexibility index (Phi) is 5.73. The zero-order valence-corrected chi connectivity index (χ0v) is 17.6. The first-order valence-electron chi connectivity index (χ1n) is 9.86. The number of nitriles is 1. The summed E-state index contributed by atoms with van der Waals surface area (Å²) in [6, 6.07) is 9.44. The average Bonchev–Trinajstić information content (AvgIpc) is 3.17. The van der Waals surface area contributed by atoms with E-state index < -0.39 is 0 Å². The first-order chi connectivity index (χ1) is 14.9. The van der Waals surface area contributed by atoms with Gasteiger partial charge in [-0.1, -0.05) is 23.7 Å². The second kappa shape index (κ2) is 8.62. The maximum Gasteiger partial charge on any atom is 0.222 e. The van der Waals surface area contributed by atoms with Crippen molar-refractivity contribution < 1.29 is 4.79 Å². The summed E-state index contributed by atoms with van der Waals surface area (Å²) < 4.78 is 0. The molecule has 2 atom stereocenters. The minimum Gasteiger partial charge on any atom is -0.368 e. The van der Waals surface area contributed by atoms with Crippen molar-refractivity contribution in [2.24, 2.45) is 0 Å². The van der Waals surface area contributed by atoms with Crippen molar-refractivity contribution in [2.75, 3.05) is 22.9 Å². The third-order valence-corrected chi connectivity index (χ3v) is 5.48. The molecule has 4 rings (SSSR count). The van der Waals surface area contributed by atoms with Crippen molar-refractivity contribution in [3.05, 3.63) is 46.6 Å². The molecule has 0 spiro atoms. The quantitative estimate of drug-likeness (QED) is 0.462. The number of nitrogens with one attached hydrogen (secondary N) is 3. The zero-order valence-electron chi connectivity index (χ0n) is 16.8. The zero-order chi connectivity index (χ0) is 22.0. The number of amides is 1. The highest BCUT2D eigenvalue weighted by molar-refractivity contribution is 6.35. The van der Waals surface area contributed by atoms with Gasteiger partial charge in [0, 0.05) is 30.0 Å². The molecule has 1 aliphatic heterocycles. The summed E-state index contributed by atoms with van der Waals surface area (Å²) in [4.78, 5) is 24.3. The third kappa shape index (κ3) is 4.44. The van der Waals surface area contributed by atoms with Crippen LogP contribution in [0, 0.1) is 11.3 Å². The van der Waals surface area contributed by atoms with Gasteiger partial charge >= 0.3 is 0 Å². The first-order valence-corrected chi connectivity index (χ1v) is 10.2. The predicted octanol–water partition coefficient (Wildman–Crippen LogP) is 3.00. The third-order valence-electron chi connectivity index (χ3n) is 5.17. The van der Waals surface area contributed by atoms with Crippen molar-refractivity contribution in [3.8, 4) is 6.07 Å². The van der Waals surface area contributed by atoms with E-state index in [9.17, 15) is 10.1 Å². The lowest BCUT2D eigenvalue weighted by Crippen LogP contribution is -2.32. The van der Waals surface area contributed by atoms with E-state index in [1.165, 1.54) is 6.20 Å². The van der Waals surface area contributed by atoms with Crippen LogP contribution in [-0.2, 0) is 4.79 Å². The first kappa shape index (κ1) is 20.6. The summed E-state index contributed by atoms with van der Waals surface area (Å²) in [5.74, 6) is 1.12. The molecule has 2 aromatic heterocycles. The number of carbonyl (C=O) groups is 1. The number of hydrogen-bond donors (Lipinski definition) is 4. The number of nitrogens with two attached hydrogens (primary N) is 1. The van der Waals surface area contributed by atoms with Crippen LogP contribution in [0.2, 0.25) is 5.02 Å². The van der Waals surface area contributed by atoms with E-state index in [0.717, 1.165) is 17.4 Å². The van der Waals surface area contributed by atoms with Crippen LogP contribution in [0.4, 0.5) is 17.6 Å². The van der Waals surface area contributed by atoms with Crippen LogP contribution in [0.1, 0.15) is 36.9 Å². The highest BCUT2D eigenvalue weighted by Crippen LogP contribution is 2.31. The fourth-order valence-electron chi connectivity index (χ4n) is 3.57. The van der Waals surface area contributed by atoms with E-state index in [1.807, 2.05) is 25.1 Å². The fourth-order valence-corrected chi connectivity index (χ4v) is 3.79. The Hall–Kier alpha value is -3.64. The Morgan fingerprint density at radius 3 is 2.97 bits per heavy atom. The van der Waals surface area contributed by atoms with Gasteiger partial charge in [0.15, 0.2) is 0 Å². The van der Waals surface area contributed by atoms with Gasteiger partial charge < -0.3 is 21.7 Å². The smallest absolute Gasteiger partial charge is 0.222 e. The summed E-state index contributed by atoms with van der Waals surface area (Å²) in [6.07, 6.45) is 2.69. The molecule has 1 saturated heterocycles. The molecular formula is C21H21ClN8O. The lowest BCUT2D eigenvalue weighted by Gasteiger charge is -2.21. The Morgan fingerprint density at radius 1 is 1.39 bits per heavy atom. The highest BCUT2D eigenvalue weighted by Gasteiger charge is 2.22. The van der Waals surface area contributed by atoms with Crippen LogP contribution in [0.3, 0.4) is 0 Å². The number of benzene rings is 1. The molecule has 0 bridgehead atoms. The molecule has 158 valence electrons. The number of halogens is 1. The summed E-state index contributed by atoms with van der Waals surface area (Å²) >= 11 is 6.36. The Labute approximate surface area is 184 Å². The monoisotopic (exact) mass is 436 g/mol. The van der Waals surface area contributed by atoms with Gasteiger partial charge in [0.05, 0.1) is 22.8 Å². The molecule has 3 aromatic rings. The fraction of sp³-hybridized carbons (Fsp3) is 0.286. The lowest BCUT2D eigenvalue weighted by molar-refractivity contribution is -0.119. The lowest BCUT2D eigenvalue weighted by atomic mass is 10.1. The molecule has 31 heavy (non-hydrogen) atoms. The number of hydrogen-bond acceptors (Lipinski definition) is 8. The standard InChI is InChI=1S/C21H21ClN8O/c1-11(27-19-13(8-23)9-26-21(24)30-19)15-7-12-3-2-4-16(22)18(12)29-20(15)25-10-14-5-6-17(31)28-14/h2-4,7,9,11,14H,5-6,10H2,1H3,(H,25,29)(H,28,31)(H3,24,26,27,30). The van der Waals surface area contributed by atoms with Crippen molar-refractivity contribution >= 4 is 46.0 Å². The molecule has 9 nitrogen and oxygen atoms in total. The van der Waals surface area contributed by atoms with E-state index >= 15 is 0 Å². The normalized spacial score (nSPS) is 16.5. The number of aromatic nitrogens is 3. The Balaban J connectivity index is 1.68. The summed E-state index contributed by atoms with van der Waals surface area (Å²) in [5.41, 5.74) is 7.54. The van der Waals surface area contributed by atoms with Crippen molar-refractivity contribution in [2.45, 2.75) is 31.8 Å². The summed E-state index contributed by atoms with van der Waals surface area (Å²) in [6.45, 7) is 2.48. The van der Waals surface area contributed by atoms with Crippen LogP contribution in [0.5, 0.6) is 0 Å². The Morgan fingerprint density at radius 2 is 2.23 bits per heavy atom. The molecule has 10 heteroatoms. The minimum absolute atomic E-state index is 0.0409. The molecule has 1 amide bonds. The van der Waals surface area contributed by atoms with Crippen LogP contribution < -0.4 is 21.7 Å². The topological polar surface area (TPSA) is 142 Å². The van der Waals surface area contributed by atoms with Gasteiger partial charge in [-0.05, 0) is 25.5 Å². The van der Waals surface area contributed by atoms with Gasteiger partial charge in [-0.2, -0.15) is 10.2 Å². The number of fused-ring (bicyclic) bond motifs is 1. The molecule has 1 aromatic carbocycles. The van der Waals surface area contributed by atoms with E-state index in [1.54, 1.807) is 6.07 Å². The molecular weight excluding hydrogens is 416 g/mol. The van der Waals surface area contributed by atoms with Crippen molar-refractivity contribution in [1.29, 1.82) is 5.26 Å². The van der Waals surface area contributed by atoms with Gasteiger partial charge in [-0.15, -0.1) is 0 Å². The SMILES string of the molecule is CC(Nc1nc(N)ncc1C#N)c1cc2cccc(Cl)c2nc1NCC1CCC(=O)N1. The minimum atomic E-state index is -0.266. The van der Waals surface area contributed by atoms with Gasteiger partial charge in [-0.3, -0.25) is 4.79 Å². The van der Waals surface area contributed by atoms with E-state index in [0.29, 0.717) is 40.7 Å². The number of anilines is 3. The van der Waals surface area contributed by atoms with Crippen molar-refractivity contribution in [3.63, 3.8) is 0 Å². The van der Waals surface area contributed by atoms with E-state index in [2.05, 4.69) is 32.0 Å². The van der Waals surface area contributed by atoms with Crippen LogP contribution in [0.25, 0.3) is 10.9 Å². The molecule has 1 fully saturated rings. The van der Waals surface area contributed by atoms with Crippen LogP contribution in [-0.4, -0.2) is 33.4 Å². The van der Waals surface area contributed by atoms with Crippen LogP contribution in [0.15, 0.2) is 30.5 Å². The highest BCUT2D eigenvalue weighted by atomic mass is 35.5. The second-order valence-corrected chi connectivity index (χ2v) is 7.80. The second-order valence-electron chi connectivity index (χ2n) is 7.39. The maximum atomic E-state index is 11.5. The number of nitrogen functional groups attached to an aromatic ring is 1. The summed E-state index contributed by atoms with van der Waals surface area (Å²) in [7, 11) is 0. The molecule has 3 heterocycles. The Bertz CT molecular complexity index is 1190. The number of nitrogens with zero attached hydrogens (tertiary/aromatic N) is 4. The molecule has 0 radical (unpaired) electrons. The van der Waals surface area contributed by atoms with Gasteiger partial charge in [-0.25, -0.2) is 9.97 Å². The van der Waals surface area contributed by atoms with Gasteiger partial charge in [0.1, 0.15) is 23.3 Å². The van der Waals surface area contributed by atoms with E-state index in [-0.39, 0.29) is 23.9 Å². The van der Waals surface area contributed by atoms with Crippen LogP contribution >= 0.6 is 11.6 Å². The molecule has 2 unspecified atom stereocenters. The molecule has 0 saturated carbocycles. The molecule has 0 aliphatic carbocycles. The molecule has 1 aliphatic rings. The predicted molar refractivity (Wildman–Crippen MR) is 120 cm³/mol. The number of carbonyl (C=O) groups excluding carboxylic acids is 1. The number of para-hydroxylation sites is 1. The molecule has 5 N–H and O–H groups in total.